The molecule has 2 aromatic rings. The van der Waals surface area contributed by atoms with Gasteiger partial charge in [0, 0.05) is 18.0 Å². The molecule has 0 saturated carbocycles. The number of methoxy groups -OCH3 is 2. The Morgan fingerprint density at radius 3 is 2.11 bits per heavy atom. The number of carbonyl (C=O) groups is 2. The number of anilines is 1. The maximum Gasteiger partial charge on any atom is 0.338 e. The average molecular weight is 407 g/mol. The van der Waals surface area contributed by atoms with Crippen LogP contribution in [-0.4, -0.2) is 46.9 Å². The van der Waals surface area contributed by atoms with Gasteiger partial charge in [0.2, 0.25) is 0 Å². The zero-order chi connectivity index (χ0) is 20.9. The number of benzene rings is 2. The second-order valence-electron chi connectivity index (χ2n) is 5.90. The lowest BCUT2D eigenvalue weighted by atomic mass is 10.2. The van der Waals surface area contributed by atoms with Crippen molar-refractivity contribution in [3.8, 4) is 11.5 Å². The minimum Gasteiger partial charge on any atom is -0.493 e. The van der Waals surface area contributed by atoms with Crippen molar-refractivity contribution >= 4 is 27.4 Å². The van der Waals surface area contributed by atoms with Gasteiger partial charge in [-0.2, -0.15) is 0 Å². The van der Waals surface area contributed by atoms with Gasteiger partial charge in [-0.1, -0.05) is 0 Å². The van der Waals surface area contributed by atoms with Gasteiger partial charge < -0.3 is 19.5 Å². The first-order chi connectivity index (χ1) is 13.2. The Bertz CT molecular complexity index is 968. The number of esters is 1. The highest BCUT2D eigenvalue weighted by atomic mass is 32.2. The molecule has 0 aliphatic heterocycles. The van der Waals surface area contributed by atoms with Crippen LogP contribution in [0.1, 0.15) is 17.3 Å². The maximum absolute atomic E-state index is 12.3. The zero-order valence-corrected chi connectivity index (χ0v) is 16.7. The first-order valence-corrected chi connectivity index (χ1v) is 10.1. The van der Waals surface area contributed by atoms with E-state index in [-0.39, 0.29) is 10.5 Å². The summed E-state index contributed by atoms with van der Waals surface area (Å²) in [6.45, 7) is 1.43. The molecule has 8 nitrogen and oxygen atoms in total. The summed E-state index contributed by atoms with van der Waals surface area (Å²) in [5.41, 5.74) is 0.584. The van der Waals surface area contributed by atoms with Gasteiger partial charge in [0.15, 0.2) is 27.4 Å². The quantitative estimate of drug-likeness (QED) is 0.702. The molecule has 2 aromatic carbocycles. The highest BCUT2D eigenvalue weighted by Gasteiger charge is 2.20. The second kappa shape index (κ2) is 8.75. The molecule has 1 N–H and O–H groups in total. The number of amides is 1. The molecule has 0 saturated heterocycles. The smallest absolute Gasteiger partial charge is 0.338 e. The van der Waals surface area contributed by atoms with E-state index in [9.17, 15) is 18.0 Å². The van der Waals surface area contributed by atoms with Crippen molar-refractivity contribution in [1.82, 2.24) is 0 Å². The van der Waals surface area contributed by atoms with Crippen molar-refractivity contribution in [2.45, 2.75) is 17.9 Å². The Morgan fingerprint density at radius 1 is 0.964 bits per heavy atom. The molecule has 0 heterocycles. The normalized spacial score (nSPS) is 12.0. The number of hydrogen-bond donors (Lipinski definition) is 1. The predicted octanol–water partition coefficient (Wildman–Crippen LogP) is 2.29. The molecule has 0 unspecified atom stereocenters. The van der Waals surface area contributed by atoms with E-state index in [0.717, 1.165) is 6.26 Å². The van der Waals surface area contributed by atoms with Crippen molar-refractivity contribution in [3.05, 3.63) is 48.0 Å². The fourth-order valence-electron chi connectivity index (χ4n) is 2.28. The van der Waals surface area contributed by atoms with Crippen molar-refractivity contribution in [1.29, 1.82) is 0 Å². The van der Waals surface area contributed by atoms with Crippen molar-refractivity contribution in [3.63, 3.8) is 0 Å². The number of sulfone groups is 1. The van der Waals surface area contributed by atoms with Crippen LogP contribution in [-0.2, 0) is 19.4 Å². The lowest BCUT2D eigenvalue weighted by molar-refractivity contribution is -0.123. The van der Waals surface area contributed by atoms with Crippen molar-refractivity contribution in [2.24, 2.45) is 0 Å². The van der Waals surface area contributed by atoms with Crippen LogP contribution in [0.15, 0.2) is 47.4 Å². The molecule has 0 radical (unpaired) electrons. The van der Waals surface area contributed by atoms with E-state index in [4.69, 9.17) is 14.2 Å². The molecule has 150 valence electrons. The molecule has 0 aromatic heterocycles. The van der Waals surface area contributed by atoms with E-state index in [1.165, 1.54) is 45.4 Å². The van der Waals surface area contributed by atoms with E-state index in [2.05, 4.69) is 5.32 Å². The molecule has 0 bridgehead atoms. The van der Waals surface area contributed by atoms with Gasteiger partial charge in [0.05, 0.1) is 24.7 Å². The third-order valence-electron chi connectivity index (χ3n) is 3.82. The molecule has 1 atom stereocenters. The van der Waals surface area contributed by atoms with Gasteiger partial charge in [0.1, 0.15) is 0 Å². The van der Waals surface area contributed by atoms with Gasteiger partial charge in [-0.3, -0.25) is 4.79 Å². The second-order valence-corrected chi connectivity index (χ2v) is 7.92. The first kappa shape index (κ1) is 21.2. The molecule has 28 heavy (non-hydrogen) atoms. The van der Waals surface area contributed by atoms with Crippen LogP contribution >= 0.6 is 0 Å². The Kier molecular flexibility index (Phi) is 6.63. The van der Waals surface area contributed by atoms with E-state index >= 15 is 0 Å². The van der Waals surface area contributed by atoms with Crippen LogP contribution in [0.3, 0.4) is 0 Å². The summed E-state index contributed by atoms with van der Waals surface area (Å²) in [4.78, 5) is 24.5. The van der Waals surface area contributed by atoms with Crippen molar-refractivity contribution < 1.29 is 32.2 Å². The summed E-state index contributed by atoms with van der Waals surface area (Å²) in [5, 5.41) is 2.62. The van der Waals surface area contributed by atoms with Crippen LogP contribution in [0.4, 0.5) is 5.69 Å². The molecule has 0 aliphatic rings. The predicted molar refractivity (Wildman–Crippen MR) is 103 cm³/mol. The summed E-state index contributed by atoms with van der Waals surface area (Å²) in [6.07, 6.45) is -0.00357. The molecule has 0 spiro atoms. The van der Waals surface area contributed by atoms with Gasteiger partial charge in [-0.25, -0.2) is 13.2 Å². The summed E-state index contributed by atoms with van der Waals surface area (Å²) in [6, 6.07) is 10.1. The molecule has 2 rings (SSSR count). The highest BCUT2D eigenvalue weighted by Crippen LogP contribution is 2.29. The maximum atomic E-state index is 12.3. The number of hydrogen-bond acceptors (Lipinski definition) is 7. The summed E-state index contributed by atoms with van der Waals surface area (Å²) < 4.78 is 38.4. The highest BCUT2D eigenvalue weighted by molar-refractivity contribution is 7.90. The molecule has 1 amide bonds. The summed E-state index contributed by atoms with van der Waals surface area (Å²) in [5.74, 6) is -0.322. The number of rotatable bonds is 7. The SMILES string of the molecule is COc1ccc(NC(=O)[C@H](C)OC(=O)c2ccc(S(C)(=O)=O)cc2)cc1OC. The van der Waals surface area contributed by atoms with E-state index in [1.807, 2.05) is 0 Å². The lowest BCUT2D eigenvalue weighted by Crippen LogP contribution is -2.30. The molecular weight excluding hydrogens is 386 g/mol. The standard InChI is InChI=1S/C19H21NO7S/c1-12(18(21)20-14-7-10-16(25-2)17(11-14)26-3)27-19(22)13-5-8-15(9-6-13)28(4,23)24/h5-12H,1-4H3,(H,20,21)/t12-/m0/s1. The van der Waals surface area contributed by atoms with Gasteiger partial charge in [0.25, 0.3) is 5.91 Å². The molecular formula is C19H21NO7S. The third kappa shape index (κ3) is 5.23. The molecule has 9 heteroatoms. The zero-order valence-electron chi connectivity index (χ0n) is 15.9. The number of ether oxygens (including phenoxy) is 3. The Hall–Kier alpha value is -3.07. The fraction of sp³-hybridized carbons (Fsp3) is 0.263. The fourth-order valence-corrected chi connectivity index (χ4v) is 2.91. The van der Waals surface area contributed by atoms with Crippen LogP contribution in [0, 0.1) is 0 Å². The molecule has 0 aliphatic carbocycles. The van der Waals surface area contributed by atoms with Crippen LogP contribution < -0.4 is 14.8 Å². The van der Waals surface area contributed by atoms with E-state index < -0.39 is 27.8 Å². The van der Waals surface area contributed by atoms with Crippen molar-refractivity contribution in [2.75, 3.05) is 25.8 Å². The third-order valence-corrected chi connectivity index (χ3v) is 4.95. The van der Waals surface area contributed by atoms with E-state index in [1.54, 1.807) is 18.2 Å². The Balaban J connectivity index is 2.02. The lowest BCUT2D eigenvalue weighted by Gasteiger charge is -2.15. The first-order valence-electron chi connectivity index (χ1n) is 8.19. The van der Waals surface area contributed by atoms with Crippen LogP contribution in [0.2, 0.25) is 0 Å². The van der Waals surface area contributed by atoms with Gasteiger partial charge >= 0.3 is 5.97 Å². The Labute approximate surface area is 163 Å². The number of carbonyl (C=O) groups excluding carboxylic acids is 2. The average Bonchev–Trinajstić information content (AvgIpc) is 2.67. The Morgan fingerprint density at radius 2 is 1.57 bits per heavy atom. The summed E-state index contributed by atoms with van der Waals surface area (Å²) >= 11 is 0. The summed E-state index contributed by atoms with van der Waals surface area (Å²) in [7, 11) is -0.387. The topological polar surface area (TPSA) is 108 Å². The number of nitrogens with one attached hydrogen (secondary N) is 1. The monoisotopic (exact) mass is 407 g/mol. The van der Waals surface area contributed by atoms with E-state index in [0.29, 0.717) is 17.2 Å². The van der Waals surface area contributed by atoms with Gasteiger partial charge in [-0.15, -0.1) is 0 Å². The van der Waals surface area contributed by atoms with Crippen LogP contribution in [0.25, 0.3) is 0 Å². The largest absolute Gasteiger partial charge is 0.493 e. The minimum atomic E-state index is -3.36. The minimum absolute atomic E-state index is 0.0864. The van der Waals surface area contributed by atoms with Crippen LogP contribution in [0.5, 0.6) is 11.5 Å². The van der Waals surface area contributed by atoms with Gasteiger partial charge in [-0.05, 0) is 43.3 Å². The molecule has 0 fully saturated rings.